The third-order valence-corrected chi connectivity index (χ3v) is 7.24. The summed E-state index contributed by atoms with van der Waals surface area (Å²) in [7, 11) is 0. The zero-order valence-electron chi connectivity index (χ0n) is 16.7. The van der Waals surface area contributed by atoms with Gasteiger partial charge in [0.15, 0.2) is 0 Å². The van der Waals surface area contributed by atoms with Crippen molar-refractivity contribution in [3.8, 4) is 0 Å². The van der Waals surface area contributed by atoms with Crippen LogP contribution in [0.2, 0.25) is 0 Å². The second-order valence-electron chi connectivity index (χ2n) is 9.47. The smallest absolute Gasteiger partial charge is 0.255 e. The molecule has 2 aromatic rings. The molecular formula is C25H28N2O2. The molecule has 0 unspecified atom stereocenters. The highest BCUT2D eigenvalue weighted by Crippen LogP contribution is 2.59. The minimum atomic E-state index is -0.202. The number of benzene rings is 2. The Bertz CT molecular complexity index is 886. The number of hydrogen-bond donors (Lipinski definition) is 2. The second kappa shape index (κ2) is 7.33. The Morgan fingerprint density at radius 3 is 2.03 bits per heavy atom. The van der Waals surface area contributed by atoms with Gasteiger partial charge in [0.25, 0.3) is 11.8 Å². The fraction of sp³-hybridized carbons (Fsp3) is 0.440. The van der Waals surface area contributed by atoms with Gasteiger partial charge >= 0.3 is 0 Å². The van der Waals surface area contributed by atoms with Crippen LogP contribution in [0, 0.1) is 23.2 Å². The molecule has 4 saturated carbocycles. The summed E-state index contributed by atoms with van der Waals surface area (Å²) >= 11 is 0. The molecule has 0 atom stereocenters. The monoisotopic (exact) mass is 388 g/mol. The van der Waals surface area contributed by atoms with Gasteiger partial charge in [0, 0.05) is 12.1 Å². The van der Waals surface area contributed by atoms with Crippen molar-refractivity contribution in [2.45, 2.75) is 38.5 Å². The molecule has 4 fully saturated rings. The summed E-state index contributed by atoms with van der Waals surface area (Å²) in [6.45, 7) is 0.760. The lowest BCUT2D eigenvalue weighted by molar-refractivity contribution is -0.0503. The molecule has 4 nitrogen and oxygen atoms in total. The predicted molar refractivity (Wildman–Crippen MR) is 114 cm³/mol. The maximum absolute atomic E-state index is 13.0. The lowest BCUT2D eigenvalue weighted by Crippen LogP contribution is -2.51. The second-order valence-corrected chi connectivity index (χ2v) is 9.47. The summed E-state index contributed by atoms with van der Waals surface area (Å²) in [4.78, 5) is 25.5. The van der Waals surface area contributed by atoms with Gasteiger partial charge in [0.2, 0.25) is 0 Å². The van der Waals surface area contributed by atoms with E-state index in [1.165, 1.54) is 38.5 Å². The van der Waals surface area contributed by atoms with Gasteiger partial charge in [-0.2, -0.15) is 0 Å². The molecule has 4 bridgehead atoms. The van der Waals surface area contributed by atoms with Crippen molar-refractivity contribution in [3.63, 3.8) is 0 Å². The van der Waals surface area contributed by atoms with Crippen LogP contribution in [-0.4, -0.2) is 18.4 Å². The third-order valence-electron chi connectivity index (χ3n) is 7.24. The van der Waals surface area contributed by atoms with Crippen molar-refractivity contribution in [2.75, 3.05) is 11.9 Å². The van der Waals surface area contributed by atoms with Gasteiger partial charge in [-0.25, -0.2) is 0 Å². The molecule has 6 rings (SSSR count). The summed E-state index contributed by atoms with van der Waals surface area (Å²) in [5, 5.41) is 6.12. The van der Waals surface area contributed by atoms with Crippen LogP contribution in [0.1, 0.15) is 59.2 Å². The number of carbonyl (C=O) groups is 2. The lowest BCUT2D eigenvalue weighted by atomic mass is 9.49. The first-order valence-corrected chi connectivity index (χ1v) is 10.8. The highest BCUT2D eigenvalue weighted by molar-refractivity contribution is 6.08. The van der Waals surface area contributed by atoms with Crippen molar-refractivity contribution in [2.24, 2.45) is 23.2 Å². The highest BCUT2D eigenvalue weighted by atomic mass is 16.2. The van der Waals surface area contributed by atoms with Crippen LogP contribution >= 0.6 is 0 Å². The molecule has 0 heterocycles. The molecule has 4 aliphatic carbocycles. The van der Waals surface area contributed by atoms with Crippen LogP contribution < -0.4 is 10.6 Å². The molecule has 4 heteroatoms. The van der Waals surface area contributed by atoms with E-state index in [0.29, 0.717) is 22.2 Å². The normalized spacial score (nSPS) is 29.4. The van der Waals surface area contributed by atoms with Gasteiger partial charge in [0.05, 0.1) is 11.3 Å². The number of nitrogens with one attached hydrogen (secondary N) is 2. The van der Waals surface area contributed by atoms with E-state index < -0.39 is 0 Å². The number of para-hydroxylation sites is 1. The Balaban J connectivity index is 1.28. The fourth-order valence-electron chi connectivity index (χ4n) is 6.44. The molecule has 4 aliphatic rings. The predicted octanol–water partition coefficient (Wildman–Crippen LogP) is 4.89. The molecule has 2 aromatic carbocycles. The minimum Gasteiger partial charge on any atom is -0.351 e. The molecule has 2 N–H and O–H groups in total. The van der Waals surface area contributed by atoms with Gasteiger partial charge in [-0.05, 0) is 86.0 Å². The quantitative estimate of drug-likeness (QED) is 0.766. The summed E-state index contributed by atoms with van der Waals surface area (Å²) < 4.78 is 0. The van der Waals surface area contributed by atoms with Crippen LogP contribution in [0.3, 0.4) is 0 Å². The maximum atomic E-state index is 13.0. The molecular weight excluding hydrogens is 360 g/mol. The Kier molecular flexibility index (Phi) is 4.65. The Labute approximate surface area is 172 Å². The first-order chi connectivity index (χ1) is 14.1. The van der Waals surface area contributed by atoms with Crippen molar-refractivity contribution in [1.82, 2.24) is 5.32 Å². The van der Waals surface area contributed by atoms with Gasteiger partial charge in [-0.1, -0.05) is 30.3 Å². The van der Waals surface area contributed by atoms with E-state index >= 15 is 0 Å². The van der Waals surface area contributed by atoms with E-state index in [1.54, 1.807) is 24.3 Å². The van der Waals surface area contributed by atoms with Crippen LogP contribution in [0.5, 0.6) is 0 Å². The van der Waals surface area contributed by atoms with Gasteiger partial charge < -0.3 is 10.6 Å². The van der Waals surface area contributed by atoms with E-state index in [1.807, 2.05) is 30.3 Å². The first-order valence-electron chi connectivity index (χ1n) is 10.8. The fourth-order valence-corrected chi connectivity index (χ4v) is 6.44. The van der Waals surface area contributed by atoms with Crippen molar-refractivity contribution in [1.29, 1.82) is 0 Å². The summed E-state index contributed by atoms with van der Waals surface area (Å²) in [6.07, 6.45) is 8.02. The summed E-state index contributed by atoms with van der Waals surface area (Å²) in [6, 6.07) is 16.3. The van der Waals surface area contributed by atoms with Gasteiger partial charge in [-0.15, -0.1) is 0 Å². The Hall–Kier alpha value is -2.62. The van der Waals surface area contributed by atoms with E-state index in [4.69, 9.17) is 0 Å². The van der Waals surface area contributed by atoms with Crippen LogP contribution in [0.25, 0.3) is 0 Å². The van der Waals surface area contributed by atoms with E-state index in [-0.39, 0.29) is 11.8 Å². The highest BCUT2D eigenvalue weighted by Gasteiger charge is 2.50. The molecule has 29 heavy (non-hydrogen) atoms. The molecule has 0 radical (unpaired) electrons. The average molecular weight is 389 g/mol. The van der Waals surface area contributed by atoms with E-state index in [9.17, 15) is 9.59 Å². The minimum absolute atomic E-state index is 0.0929. The Morgan fingerprint density at radius 1 is 0.793 bits per heavy atom. The Morgan fingerprint density at radius 2 is 1.38 bits per heavy atom. The van der Waals surface area contributed by atoms with Crippen molar-refractivity contribution < 1.29 is 9.59 Å². The molecule has 0 aromatic heterocycles. The standard InChI is InChI=1S/C25H28N2O2/c28-23(20-6-2-1-3-7-20)27-22-9-5-4-8-21(22)24(29)26-16-25-13-17-10-18(14-25)12-19(11-17)15-25/h1-9,17-19H,10-16H2,(H,26,29)(H,27,28). The SMILES string of the molecule is O=C(Nc1ccccc1C(=O)NCC12CC3CC(CC(C3)C1)C2)c1ccccc1. The zero-order chi connectivity index (χ0) is 19.8. The van der Waals surface area contributed by atoms with E-state index in [0.717, 1.165) is 24.3 Å². The summed E-state index contributed by atoms with van der Waals surface area (Å²) in [5.74, 6) is 2.32. The topological polar surface area (TPSA) is 58.2 Å². The number of carbonyl (C=O) groups excluding carboxylic acids is 2. The van der Waals surface area contributed by atoms with Gasteiger partial charge in [-0.3, -0.25) is 9.59 Å². The molecule has 0 aliphatic heterocycles. The number of anilines is 1. The lowest BCUT2D eigenvalue weighted by Gasteiger charge is -2.56. The van der Waals surface area contributed by atoms with E-state index in [2.05, 4.69) is 10.6 Å². The molecule has 150 valence electrons. The van der Waals surface area contributed by atoms with Crippen LogP contribution in [0.15, 0.2) is 54.6 Å². The molecule has 0 spiro atoms. The summed E-state index contributed by atoms with van der Waals surface area (Å²) in [5.41, 5.74) is 1.97. The molecule has 2 amide bonds. The first kappa shape index (κ1) is 18.4. The van der Waals surface area contributed by atoms with Crippen LogP contribution in [0.4, 0.5) is 5.69 Å². The van der Waals surface area contributed by atoms with Gasteiger partial charge in [0.1, 0.15) is 0 Å². The zero-order valence-corrected chi connectivity index (χ0v) is 16.7. The average Bonchev–Trinajstić information content (AvgIpc) is 2.72. The number of hydrogen-bond acceptors (Lipinski definition) is 2. The molecule has 0 saturated heterocycles. The van der Waals surface area contributed by atoms with Crippen molar-refractivity contribution >= 4 is 17.5 Å². The third kappa shape index (κ3) is 3.68. The van der Waals surface area contributed by atoms with Crippen molar-refractivity contribution in [3.05, 3.63) is 65.7 Å². The van der Waals surface area contributed by atoms with Crippen LogP contribution in [-0.2, 0) is 0 Å². The number of amides is 2. The maximum Gasteiger partial charge on any atom is 0.255 e. The largest absolute Gasteiger partial charge is 0.351 e. The number of rotatable bonds is 5.